The van der Waals surface area contributed by atoms with Crippen molar-refractivity contribution in [1.29, 1.82) is 0 Å². The molecule has 1 amide bonds. The monoisotopic (exact) mass is 355 g/mol. The number of amides is 1. The van der Waals surface area contributed by atoms with Gasteiger partial charge in [-0.2, -0.15) is 0 Å². The molecule has 0 bridgehead atoms. The third kappa shape index (κ3) is 4.14. The van der Waals surface area contributed by atoms with Gasteiger partial charge in [-0.25, -0.2) is 4.79 Å². The zero-order valence-corrected chi connectivity index (χ0v) is 14.5. The van der Waals surface area contributed by atoms with Gasteiger partial charge in [0, 0.05) is 6.42 Å². The summed E-state index contributed by atoms with van der Waals surface area (Å²) in [5.41, 5.74) is 1.74. The number of carbonyl (C=O) groups excluding carboxylic acids is 1. The van der Waals surface area contributed by atoms with Gasteiger partial charge in [-0.1, -0.05) is 30.3 Å². The lowest BCUT2D eigenvalue weighted by Crippen LogP contribution is -2.47. The van der Waals surface area contributed by atoms with Gasteiger partial charge in [-0.15, -0.1) is 0 Å². The van der Waals surface area contributed by atoms with E-state index in [0.717, 1.165) is 16.9 Å². The standard InChI is InChI=1S/C20H21NO5/c1-25-16-7-8-18-14(11-16)10-15(12-26-18)19(22)21-17(20(23)24)9-13-5-3-2-4-6-13/h2-8,11,15,17H,9-10,12H2,1H3,(H,21,22)(H,23,24)/t15?,17-/m0/s1. The fraction of sp³-hybridized carbons (Fsp3) is 0.300. The molecule has 0 saturated heterocycles. The number of carboxylic acids is 1. The second kappa shape index (κ2) is 7.91. The van der Waals surface area contributed by atoms with Crippen LogP contribution in [-0.2, 0) is 22.4 Å². The third-order valence-corrected chi connectivity index (χ3v) is 4.44. The van der Waals surface area contributed by atoms with E-state index in [-0.39, 0.29) is 18.9 Å². The maximum Gasteiger partial charge on any atom is 0.326 e. The molecule has 1 heterocycles. The largest absolute Gasteiger partial charge is 0.497 e. The van der Waals surface area contributed by atoms with Gasteiger partial charge in [0.25, 0.3) is 0 Å². The van der Waals surface area contributed by atoms with Crippen molar-refractivity contribution >= 4 is 11.9 Å². The summed E-state index contributed by atoms with van der Waals surface area (Å²) in [4.78, 5) is 24.1. The average molecular weight is 355 g/mol. The molecule has 1 aliphatic rings. The Labute approximate surface area is 151 Å². The quantitative estimate of drug-likeness (QED) is 0.828. The first-order chi connectivity index (χ1) is 12.6. The van der Waals surface area contributed by atoms with Crippen molar-refractivity contribution in [2.24, 2.45) is 5.92 Å². The topological polar surface area (TPSA) is 84.9 Å². The SMILES string of the molecule is COc1ccc2c(c1)CC(C(=O)N[C@@H](Cc1ccccc1)C(=O)O)CO2. The van der Waals surface area contributed by atoms with Crippen molar-refractivity contribution in [3.05, 3.63) is 59.7 Å². The molecule has 136 valence electrons. The molecule has 2 aromatic rings. The highest BCUT2D eigenvalue weighted by molar-refractivity contribution is 5.85. The van der Waals surface area contributed by atoms with Crippen LogP contribution in [0.4, 0.5) is 0 Å². The second-order valence-electron chi connectivity index (χ2n) is 6.27. The van der Waals surface area contributed by atoms with Gasteiger partial charge >= 0.3 is 5.97 Å². The van der Waals surface area contributed by atoms with Crippen molar-refractivity contribution in [1.82, 2.24) is 5.32 Å². The van der Waals surface area contributed by atoms with E-state index in [4.69, 9.17) is 9.47 Å². The zero-order chi connectivity index (χ0) is 18.5. The number of nitrogens with one attached hydrogen (secondary N) is 1. The fourth-order valence-electron chi connectivity index (χ4n) is 3.01. The molecule has 26 heavy (non-hydrogen) atoms. The number of hydrogen-bond acceptors (Lipinski definition) is 4. The molecule has 3 rings (SSSR count). The molecule has 0 radical (unpaired) electrons. The molecule has 0 aromatic heterocycles. The molecule has 1 aliphatic heterocycles. The number of fused-ring (bicyclic) bond motifs is 1. The summed E-state index contributed by atoms with van der Waals surface area (Å²) in [7, 11) is 1.58. The number of rotatable bonds is 6. The van der Waals surface area contributed by atoms with E-state index in [0.29, 0.717) is 12.2 Å². The molecular weight excluding hydrogens is 334 g/mol. The second-order valence-corrected chi connectivity index (χ2v) is 6.27. The van der Waals surface area contributed by atoms with Crippen LogP contribution in [-0.4, -0.2) is 36.7 Å². The summed E-state index contributed by atoms with van der Waals surface area (Å²) in [5, 5.41) is 12.1. The Morgan fingerprint density at radius 1 is 1.27 bits per heavy atom. The van der Waals surface area contributed by atoms with Crippen LogP contribution in [0.5, 0.6) is 11.5 Å². The number of aliphatic carboxylic acids is 1. The highest BCUT2D eigenvalue weighted by Crippen LogP contribution is 2.30. The van der Waals surface area contributed by atoms with Crippen LogP contribution in [0, 0.1) is 5.92 Å². The molecule has 6 heteroatoms. The lowest BCUT2D eigenvalue weighted by Gasteiger charge is -2.26. The summed E-state index contributed by atoms with van der Waals surface area (Å²) in [5.74, 6) is -0.384. The van der Waals surface area contributed by atoms with Gasteiger partial charge in [0.1, 0.15) is 24.1 Å². The van der Waals surface area contributed by atoms with E-state index >= 15 is 0 Å². The Kier molecular flexibility index (Phi) is 5.41. The van der Waals surface area contributed by atoms with Crippen LogP contribution < -0.4 is 14.8 Å². The summed E-state index contributed by atoms with van der Waals surface area (Å²) in [6.07, 6.45) is 0.718. The minimum atomic E-state index is -1.05. The number of ether oxygens (including phenoxy) is 2. The summed E-state index contributed by atoms with van der Waals surface area (Å²) < 4.78 is 10.9. The highest BCUT2D eigenvalue weighted by Gasteiger charge is 2.29. The summed E-state index contributed by atoms with van der Waals surface area (Å²) in [6.45, 7) is 0.225. The van der Waals surface area contributed by atoms with E-state index in [2.05, 4.69) is 5.32 Å². The maximum absolute atomic E-state index is 12.6. The van der Waals surface area contributed by atoms with Gasteiger partial charge in [-0.3, -0.25) is 4.79 Å². The molecule has 6 nitrogen and oxygen atoms in total. The van der Waals surface area contributed by atoms with Crippen molar-refractivity contribution in [2.45, 2.75) is 18.9 Å². The first-order valence-electron chi connectivity index (χ1n) is 8.43. The highest BCUT2D eigenvalue weighted by atomic mass is 16.5. The molecule has 0 fully saturated rings. The van der Waals surface area contributed by atoms with E-state index in [1.807, 2.05) is 42.5 Å². The normalized spacial score (nSPS) is 16.7. The van der Waals surface area contributed by atoms with Crippen LogP contribution >= 0.6 is 0 Å². The van der Waals surface area contributed by atoms with Crippen LogP contribution in [0.25, 0.3) is 0 Å². The van der Waals surface area contributed by atoms with E-state index in [9.17, 15) is 14.7 Å². The number of methoxy groups -OCH3 is 1. The third-order valence-electron chi connectivity index (χ3n) is 4.44. The lowest BCUT2D eigenvalue weighted by atomic mass is 9.95. The molecule has 0 spiro atoms. The van der Waals surface area contributed by atoms with Crippen LogP contribution in [0.3, 0.4) is 0 Å². The van der Waals surface area contributed by atoms with E-state index in [1.54, 1.807) is 13.2 Å². The molecule has 2 N–H and O–H groups in total. The number of carbonyl (C=O) groups is 2. The molecule has 0 saturated carbocycles. The number of benzene rings is 2. The van der Waals surface area contributed by atoms with E-state index < -0.39 is 17.9 Å². The van der Waals surface area contributed by atoms with Crippen LogP contribution in [0.15, 0.2) is 48.5 Å². The lowest BCUT2D eigenvalue weighted by molar-refractivity contribution is -0.142. The minimum absolute atomic E-state index is 0.225. The van der Waals surface area contributed by atoms with Crippen LogP contribution in [0.2, 0.25) is 0 Å². The molecular formula is C20H21NO5. The van der Waals surface area contributed by atoms with Crippen LogP contribution in [0.1, 0.15) is 11.1 Å². The van der Waals surface area contributed by atoms with Crippen molar-refractivity contribution in [2.75, 3.05) is 13.7 Å². The first-order valence-corrected chi connectivity index (χ1v) is 8.43. The maximum atomic E-state index is 12.6. The summed E-state index contributed by atoms with van der Waals surface area (Å²) in [6, 6.07) is 13.7. The smallest absolute Gasteiger partial charge is 0.326 e. The Morgan fingerprint density at radius 3 is 2.73 bits per heavy atom. The molecule has 2 aromatic carbocycles. The number of hydrogen-bond donors (Lipinski definition) is 2. The molecule has 1 unspecified atom stereocenters. The van der Waals surface area contributed by atoms with Crippen molar-refractivity contribution in [3.63, 3.8) is 0 Å². The predicted molar refractivity (Wildman–Crippen MR) is 95.4 cm³/mol. The first kappa shape index (κ1) is 17.8. The van der Waals surface area contributed by atoms with Gasteiger partial charge < -0.3 is 19.9 Å². The molecule has 2 atom stereocenters. The Balaban J connectivity index is 1.67. The summed E-state index contributed by atoms with van der Waals surface area (Å²) >= 11 is 0. The van der Waals surface area contributed by atoms with Gasteiger partial charge in [-0.05, 0) is 35.7 Å². The Morgan fingerprint density at radius 2 is 2.04 bits per heavy atom. The number of carboxylic acid groups (broad SMARTS) is 1. The zero-order valence-electron chi connectivity index (χ0n) is 14.5. The van der Waals surface area contributed by atoms with E-state index in [1.165, 1.54) is 0 Å². The van der Waals surface area contributed by atoms with Gasteiger partial charge in [0.05, 0.1) is 13.0 Å². The Hall–Kier alpha value is -3.02. The average Bonchev–Trinajstić information content (AvgIpc) is 2.67. The van der Waals surface area contributed by atoms with Crippen molar-refractivity contribution in [3.8, 4) is 11.5 Å². The minimum Gasteiger partial charge on any atom is -0.497 e. The van der Waals surface area contributed by atoms with Gasteiger partial charge in [0.2, 0.25) is 5.91 Å². The van der Waals surface area contributed by atoms with Crippen molar-refractivity contribution < 1.29 is 24.2 Å². The molecule has 0 aliphatic carbocycles. The fourth-order valence-corrected chi connectivity index (χ4v) is 3.01. The Bertz CT molecular complexity index is 790. The van der Waals surface area contributed by atoms with Gasteiger partial charge in [0.15, 0.2) is 0 Å². The predicted octanol–water partition coefficient (Wildman–Crippen LogP) is 2.06.